The summed E-state index contributed by atoms with van der Waals surface area (Å²) in [6, 6.07) is 8.51. The molecule has 6 nitrogen and oxygen atoms in total. The van der Waals surface area contributed by atoms with E-state index in [1.54, 1.807) is 6.92 Å². The molecule has 11 heteroatoms. The molecule has 1 saturated heterocycles. The number of amides is 2. The van der Waals surface area contributed by atoms with E-state index in [0.717, 1.165) is 12.1 Å². The van der Waals surface area contributed by atoms with Gasteiger partial charge in [-0.1, -0.05) is 12.1 Å². The van der Waals surface area contributed by atoms with E-state index in [2.05, 4.69) is 4.74 Å². The minimum Gasteiger partial charge on any atom is -0.490 e. The summed E-state index contributed by atoms with van der Waals surface area (Å²) in [6.07, 6.45) is -1.74. The number of hydrogen-bond donors (Lipinski definition) is 0. The Hall–Kier alpha value is -3.63. The summed E-state index contributed by atoms with van der Waals surface area (Å²) in [7, 11) is 0. The van der Waals surface area contributed by atoms with Gasteiger partial charge in [0, 0.05) is 37.8 Å². The highest BCUT2D eigenvalue weighted by Gasteiger charge is 2.32. The van der Waals surface area contributed by atoms with E-state index in [1.165, 1.54) is 52.3 Å². The van der Waals surface area contributed by atoms with Gasteiger partial charge >= 0.3 is 12.8 Å². The van der Waals surface area contributed by atoms with E-state index in [-0.39, 0.29) is 55.8 Å². The quantitative estimate of drug-likeness (QED) is 0.410. The van der Waals surface area contributed by atoms with Crippen LogP contribution >= 0.6 is 0 Å². The van der Waals surface area contributed by atoms with Gasteiger partial charge in [0.1, 0.15) is 0 Å². The number of ether oxygens (including phenoxy) is 2. The van der Waals surface area contributed by atoms with Gasteiger partial charge in [-0.15, -0.1) is 0 Å². The molecular weight excluding hydrogens is 475 g/mol. The van der Waals surface area contributed by atoms with Gasteiger partial charge in [0.2, 0.25) is 5.91 Å². The predicted molar refractivity (Wildman–Crippen MR) is 117 cm³/mol. The first kappa shape index (κ1) is 26.0. The summed E-state index contributed by atoms with van der Waals surface area (Å²) in [5.41, 5.74) is -0.436. The third kappa shape index (κ3) is 6.93. The van der Waals surface area contributed by atoms with Crippen LogP contribution in [-0.2, 0) is 11.0 Å². The Kier molecular flexibility index (Phi) is 8.31. The molecule has 0 N–H and O–H groups in total. The molecule has 1 aliphatic heterocycles. The Balaban J connectivity index is 1.59. The topological polar surface area (TPSA) is 59.1 Å². The second-order valence-electron chi connectivity index (χ2n) is 7.55. The summed E-state index contributed by atoms with van der Waals surface area (Å²) in [6.45, 7) is -0.328. The van der Waals surface area contributed by atoms with Crippen LogP contribution in [-0.4, -0.2) is 61.0 Å². The van der Waals surface area contributed by atoms with Crippen molar-refractivity contribution in [1.82, 2.24) is 9.80 Å². The number of alkyl halides is 5. The van der Waals surface area contributed by atoms with Crippen LogP contribution in [0.5, 0.6) is 11.5 Å². The molecule has 188 valence electrons. The first-order chi connectivity index (χ1) is 16.6. The lowest BCUT2D eigenvalue weighted by atomic mass is 10.1. The molecule has 2 amide bonds. The number of carbonyl (C=O) groups is 2. The molecule has 0 atom stereocenters. The molecule has 0 spiro atoms. The average molecular weight is 498 g/mol. The summed E-state index contributed by atoms with van der Waals surface area (Å²) >= 11 is 0. The molecule has 35 heavy (non-hydrogen) atoms. The monoisotopic (exact) mass is 498 g/mol. The standard InChI is InChI=1S/C24H23F5N2O4/c1-2-34-20-14-16(6-8-19(20)35-23(25)26)7-9-21(32)30-10-12-31(13-11-30)22(33)17-4-3-5-18(15-17)24(27,28)29/h3-9,14-15,23H,2,10-13H2,1H3. The first-order valence-corrected chi connectivity index (χ1v) is 10.7. The Morgan fingerprint density at radius 2 is 1.69 bits per heavy atom. The van der Waals surface area contributed by atoms with E-state index < -0.39 is 24.3 Å². The lowest BCUT2D eigenvalue weighted by Gasteiger charge is -2.34. The summed E-state index contributed by atoms with van der Waals surface area (Å²) in [5, 5.41) is 0. The van der Waals surface area contributed by atoms with Crippen molar-refractivity contribution in [1.29, 1.82) is 0 Å². The van der Waals surface area contributed by atoms with Gasteiger partial charge < -0.3 is 19.3 Å². The molecule has 0 aliphatic carbocycles. The van der Waals surface area contributed by atoms with Crippen LogP contribution in [0.4, 0.5) is 22.0 Å². The van der Waals surface area contributed by atoms with Gasteiger partial charge in [-0.2, -0.15) is 22.0 Å². The molecule has 1 fully saturated rings. The van der Waals surface area contributed by atoms with E-state index in [9.17, 15) is 31.5 Å². The van der Waals surface area contributed by atoms with Crippen LogP contribution in [0.15, 0.2) is 48.5 Å². The van der Waals surface area contributed by atoms with E-state index >= 15 is 0 Å². The highest BCUT2D eigenvalue weighted by molar-refractivity contribution is 5.95. The van der Waals surface area contributed by atoms with Crippen molar-refractivity contribution in [3.63, 3.8) is 0 Å². The van der Waals surface area contributed by atoms with Crippen molar-refractivity contribution in [2.45, 2.75) is 19.7 Å². The normalized spacial score (nSPS) is 14.5. The molecule has 2 aromatic carbocycles. The number of piperazine rings is 1. The summed E-state index contributed by atoms with van der Waals surface area (Å²) in [5.74, 6) is -0.869. The van der Waals surface area contributed by atoms with Crippen LogP contribution in [0.2, 0.25) is 0 Å². The number of nitrogens with zero attached hydrogens (tertiary/aromatic N) is 2. The summed E-state index contributed by atoms with van der Waals surface area (Å²) < 4.78 is 73.5. The van der Waals surface area contributed by atoms with Gasteiger partial charge in [-0.3, -0.25) is 9.59 Å². The van der Waals surface area contributed by atoms with Crippen molar-refractivity contribution >= 4 is 17.9 Å². The second kappa shape index (κ2) is 11.2. The Labute approximate surface area is 198 Å². The lowest BCUT2D eigenvalue weighted by molar-refractivity contribution is -0.137. The number of benzene rings is 2. The molecule has 0 saturated carbocycles. The Morgan fingerprint density at radius 3 is 2.31 bits per heavy atom. The first-order valence-electron chi connectivity index (χ1n) is 10.7. The number of hydrogen-bond acceptors (Lipinski definition) is 4. The molecule has 0 radical (unpaired) electrons. The third-order valence-corrected chi connectivity index (χ3v) is 5.22. The largest absolute Gasteiger partial charge is 0.490 e. The molecular formula is C24H23F5N2O4. The van der Waals surface area contributed by atoms with E-state index in [0.29, 0.717) is 5.56 Å². The van der Waals surface area contributed by atoms with Crippen LogP contribution in [0.1, 0.15) is 28.4 Å². The maximum absolute atomic E-state index is 12.9. The third-order valence-electron chi connectivity index (χ3n) is 5.22. The van der Waals surface area contributed by atoms with Crippen LogP contribution in [0, 0.1) is 0 Å². The zero-order valence-corrected chi connectivity index (χ0v) is 18.7. The lowest BCUT2D eigenvalue weighted by Crippen LogP contribution is -2.50. The van der Waals surface area contributed by atoms with Gasteiger partial charge in [-0.05, 0) is 48.9 Å². The van der Waals surface area contributed by atoms with Gasteiger partial charge in [0.25, 0.3) is 5.91 Å². The fraction of sp³-hybridized carbons (Fsp3) is 0.333. The number of halogens is 5. The number of carbonyl (C=O) groups excluding carboxylic acids is 2. The van der Waals surface area contributed by atoms with Crippen molar-refractivity contribution in [3.8, 4) is 11.5 Å². The fourth-order valence-corrected chi connectivity index (χ4v) is 3.50. The van der Waals surface area contributed by atoms with Crippen LogP contribution < -0.4 is 9.47 Å². The minimum atomic E-state index is -4.55. The number of rotatable bonds is 7. The highest BCUT2D eigenvalue weighted by Crippen LogP contribution is 2.31. The van der Waals surface area contributed by atoms with Gasteiger partial charge in [0.05, 0.1) is 12.2 Å². The van der Waals surface area contributed by atoms with E-state index in [4.69, 9.17) is 4.74 Å². The minimum absolute atomic E-state index is 0.0659. The molecule has 0 bridgehead atoms. The maximum Gasteiger partial charge on any atom is 0.416 e. The Morgan fingerprint density at radius 1 is 1.00 bits per heavy atom. The second-order valence-corrected chi connectivity index (χ2v) is 7.55. The van der Waals surface area contributed by atoms with Crippen molar-refractivity contribution in [2.24, 2.45) is 0 Å². The molecule has 3 rings (SSSR count). The summed E-state index contributed by atoms with van der Waals surface area (Å²) in [4.78, 5) is 28.1. The fourth-order valence-electron chi connectivity index (χ4n) is 3.50. The average Bonchev–Trinajstić information content (AvgIpc) is 2.83. The smallest absolute Gasteiger partial charge is 0.416 e. The SMILES string of the molecule is CCOc1cc(C=CC(=O)N2CCN(C(=O)c3cccc(C(F)(F)F)c3)CC2)ccc1OC(F)F. The predicted octanol–water partition coefficient (Wildman–Crippen LogP) is 4.70. The molecule has 2 aromatic rings. The molecule has 0 aromatic heterocycles. The van der Waals surface area contributed by atoms with E-state index in [1.807, 2.05) is 0 Å². The zero-order valence-electron chi connectivity index (χ0n) is 18.7. The zero-order chi connectivity index (χ0) is 25.6. The van der Waals surface area contributed by atoms with Crippen molar-refractivity contribution in [3.05, 3.63) is 65.2 Å². The maximum atomic E-state index is 12.9. The van der Waals surface area contributed by atoms with Crippen LogP contribution in [0.25, 0.3) is 6.08 Å². The van der Waals surface area contributed by atoms with Crippen LogP contribution in [0.3, 0.4) is 0 Å². The van der Waals surface area contributed by atoms with Crippen molar-refractivity contribution in [2.75, 3.05) is 32.8 Å². The molecule has 1 heterocycles. The molecule has 0 unspecified atom stereocenters. The van der Waals surface area contributed by atoms with Crippen molar-refractivity contribution < 1.29 is 41.0 Å². The molecule has 1 aliphatic rings. The van der Waals surface area contributed by atoms with Gasteiger partial charge in [-0.25, -0.2) is 0 Å². The van der Waals surface area contributed by atoms with Gasteiger partial charge in [0.15, 0.2) is 11.5 Å². The highest BCUT2D eigenvalue weighted by atomic mass is 19.4. The Bertz CT molecular complexity index is 1080.